The Bertz CT molecular complexity index is 479. The van der Waals surface area contributed by atoms with E-state index in [1.807, 2.05) is 0 Å². The molecule has 0 aromatic rings. The van der Waals surface area contributed by atoms with E-state index in [1.54, 1.807) is 0 Å². The molecule has 0 unspecified atom stereocenters. The van der Waals surface area contributed by atoms with Crippen LogP contribution in [0.15, 0.2) is 4.99 Å². The molecule has 1 N–H and O–H groups in total. The minimum absolute atomic E-state index is 0.247. The van der Waals surface area contributed by atoms with E-state index in [-0.39, 0.29) is 5.54 Å². The number of aliphatic imine (C=N–C) groups is 1. The molecule has 3 aliphatic rings. The number of hydrogen-bond acceptors (Lipinski definition) is 4. The fourth-order valence-electron chi connectivity index (χ4n) is 4.51. The number of nitrogens with zero attached hydrogens (tertiary/aromatic N) is 4. The number of nitrogens with one attached hydrogen (secondary N) is 1. The van der Waals surface area contributed by atoms with Crippen LogP contribution in [0.5, 0.6) is 0 Å². The summed E-state index contributed by atoms with van der Waals surface area (Å²) in [5, 5.41) is 3.50. The van der Waals surface area contributed by atoms with Crippen LogP contribution >= 0.6 is 0 Å². The van der Waals surface area contributed by atoms with Crippen LogP contribution in [0.4, 0.5) is 0 Å². The highest BCUT2D eigenvalue weighted by Crippen LogP contribution is 2.32. The van der Waals surface area contributed by atoms with Gasteiger partial charge in [0.25, 0.3) is 0 Å². The topological polar surface area (TPSA) is 43.3 Å². The lowest BCUT2D eigenvalue weighted by Gasteiger charge is -2.49. The zero-order valence-corrected chi connectivity index (χ0v) is 18.6. The number of rotatable bonds is 9. The average molecular weight is 394 g/mol. The Kier molecular flexibility index (Phi) is 8.42. The molecule has 0 radical (unpaired) electrons. The lowest BCUT2D eigenvalue weighted by Crippen LogP contribution is -2.58. The van der Waals surface area contributed by atoms with E-state index < -0.39 is 0 Å². The van der Waals surface area contributed by atoms with Gasteiger partial charge in [-0.15, -0.1) is 0 Å². The number of guanidine groups is 1. The molecule has 6 heteroatoms. The first-order valence-electron chi connectivity index (χ1n) is 11.6. The predicted octanol–water partition coefficient (Wildman–Crippen LogP) is 2.26. The fourth-order valence-corrected chi connectivity index (χ4v) is 4.51. The second-order valence-electron chi connectivity index (χ2n) is 9.19. The van der Waals surface area contributed by atoms with Gasteiger partial charge >= 0.3 is 0 Å². The third-order valence-corrected chi connectivity index (χ3v) is 6.79. The van der Waals surface area contributed by atoms with Gasteiger partial charge in [0.1, 0.15) is 0 Å². The third kappa shape index (κ3) is 6.33. The molecule has 2 saturated heterocycles. The van der Waals surface area contributed by atoms with Crippen molar-refractivity contribution in [1.82, 2.24) is 20.0 Å². The van der Waals surface area contributed by atoms with Gasteiger partial charge in [-0.3, -0.25) is 9.89 Å². The van der Waals surface area contributed by atoms with E-state index in [2.05, 4.69) is 41.0 Å². The maximum atomic E-state index is 5.84. The highest BCUT2D eigenvalue weighted by Gasteiger charge is 2.39. The molecule has 162 valence electrons. The van der Waals surface area contributed by atoms with Crippen molar-refractivity contribution in [2.24, 2.45) is 10.9 Å². The van der Waals surface area contributed by atoms with Crippen molar-refractivity contribution in [3.8, 4) is 0 Å². The summed E-state index contributed by atoms with van der Waals surface area (Å²) in [5.41, 5.74) is 0.247. The highest BCUT2D eigenvalue weighted by atomic mass is 16.5. The normalized spacial score (nSPS) is 24.3. The minimum atomic E-state index is 0.247. The van der Waals surface area contributed by atoms with E-state index in [4.69, 9.17) is 9.73 Å². The van der Waals surface area contributed by atoms with Gasteiger partial charge < -0.3 is 19.9 Å². The van der Waals surface area contributed by atoms with Crippen LogP contribution in [0.2, 0.25) is 0 Å². The molecule has 2 heterocycles. The molecule has 0 bridgehead atoms. The van der Waals surface area contributed by atoms with Crippen molar-refractivity contribution in [2.45, 2.75) is 57.4 Å². The molecular formula is C22H43N5O. The number of ether oxygens (including phenoxy) is 1. The van der Waals surface area contributed by atoms with E-state index >= 15 is 0 Å². The third-order valence-electron chi connectivity index (χ3n) is 6.79. The second-order valence-corrected chi connectivity index (χ2v) is 9.19. The molecule has 2 aliphatic heterocycles. The van der Waals surface area contributed by atoms with Gasteiger partial charge in [0.05, 0.1) is 13.2 Å². The molecule has 1 aliphatic carbocycles. The maximum Gasteiger partial charge on any atom is 0.193 e. The summed E-state index contributed by atoms with van der Waals surface area (Å²) in [6.07, 6.45) is 9.27. The van der Waals surface area contributed by atoms with Crippen molar-refractivity contribution >= 4 is 5.96 Å². The standard InChI is InChI=1S/C22H43N5O/c1-4-23-21(26(3)16-17-28-18-20-8-9-20)24-19-22(10-14-25(2)15-11-22)27-12-6-5-7-13-27/h20H,4-19H2,1-3H3,(H,23,24). The molecular weight excluding hydrogens is 350 g/mol. The summed E-state index contributed by atoms with van der Waals surface area (Å²) in [7, 11) is 4.40. The molecule has 28 heavy (non-hydrogen) atoms. The zero-order valence-electron chi connectivity index (χ0n) is 18.6. The van der Waals surface area contributed by atoms with E-state index in [9.17, 15) is 0 Å². The SMILES string of the molecule is CCNC(=NCC1(N2CCCCC2)CCN(C)CC1)N(C)CCOCC1CC1. The molecule has 0 amide bonds. The van der Waals surface area contributed by atoms with Gasteiger partial charge in [0.2, 0.25) is 0 Å². The fraction of sp³-hybridized carbons (Fsp3) is 0.955. The lowest BCUT2D eigenvalue weighted by molar-refractivity contribution is 0.0206. The van der Waals surface area contributed by atoms with Crippen LogP contribution in [-0.4, -0.2) is 99.3 Å². The molecule has 3 fully saturated rings. The Labute approximate surface area is 172 Å². The van der Waals surface area contributed by atoms with Gasteiger partial charge in [-0.05, 0) is 84.6 Å². The second kappa shape index (κ2) is 10.8. The monoisotopic (exact) mass is 393 g/mol. The largest absolute Gasteiger partial charge is 0.379 e. The molecule has 0 aromatic carbocycles. The van der Waals surface area contributed by atoms with E-state index in [1.165, 1.54) is 71.1 Å². The first kappa shape index (κ1) is 21.8. The summed E-state index contributed by atoms with van der Waals surface area (Å²) in [6.45, 7) is 11.5. The Morgan fingerprint density at radius 3 is 2.50 bits per heavy atom. The van der Waals surface area contributed by atoms with Crippen molar-refractivity contribution in [1.29, 1.82) is 0 Å². The van der Waals surface area contributed by atoms with Crippen LogP contribution in [0.1, 0.15) is 51.9 Å². The van der Waals surface area contributed by atoms with Crippen LogP contribution in [0.25, 0.3) is 0 Å². The highest BCUT2D eigenvalue weighted by molar-refractivity contribution is 5.79. The summed E-state index contributed by atoms with van der Waals surface area (Å²) in [6, 6.07) is 0. The zero-order chi connectivity index (χ0) is 19.8. The number of hydrogen-bond donors (Lipinski definition) is 1. The molecule has 1 saturated carbocycles. The quantitative estimate of drug-likeness (QED) is 0.370. The van der Waals surface area contributed by atoms with Gasteiger partial charge in [0, 0.05) is 32.3 Å². The number of likely N-dealkylation sites (tertiary alicyclic amines) is 2. The average Bonchev–Trinajstić information content (AvgIpc) is 3.55. The molecule has 0 aromatic heterocycles. The van der Waals surface area contributed by atoms with Crippen LogP contribution in [0.3, 0.4) is 0 Å². The van der Waals surface area contributed by atoms with E-state index in [0.29, 0.717) is 0 Å². The molecule has 3 rings (SSSR count). The first-order valence-corrected chi connectivity index (χ1v) is 11.6. The maximum absolute atomic E-state index is 5.84. The first-order chi connectivity index (χ1) is 13.6. The molecule has 0 spiro atoms. The molecule has 6 nitrogen and oxygen atoms in total. The van der Waals surface area contributed by atoms with E-state index in [0.717, 1.165) is 44.7 Å². The van der Waals surface area contributed by atoms with Gasteiger partial charge in [-0.1, -0.05) is 6.42 Å². The van der Waals surface area contributed by atoms with Crippen LogP contribution in [-0.2, 0) is 4.74 Å². The summed E-state index contributed by atoms with van der Waals surface area (Å²) in [5.74, 6) is 1.87. The van der Waals surface area contributed by atoms with Crippen molar-refractivity contribution in [3.05, 3.63) is 0 Å². The number of piperidine rings is 2. The predicted molar refractivity (Wildman–Crippen MR) is 117 cm³/mol. The Morgan fingerprint density at radius 1 is 1.14 bits per heavy atom. The van der Waals surface area contributed by atoms with Crippen LogP contribution < -0.4 is 5.32 Å². The smallest absolute Gasteiger partial charge is 0.193 e. The Balaban J connectivity index is 1.59. The molecule has 0 atom stereocenters. The van der Waals surface area contributed by atoms with Crippen molar-refractivity contribution < 1.29 is 4.74 Å². The summed E-state index contributed by atoms with van der Waals surface area (Å²) in [4.78, 5) is 12.6. The summed E-state index contributed by atoms with van der Waals surface area (Å²) < 4.78 is 5.84. The summed E-state index contributed by atoms with van der Waals surface area (Å²) >= 11 is 0. The minimum Gasteiger partial charge on any atom is -0.379 e. The number of likely N-dealkylation sites (N-methyl/N-ethyl adjacent to an activating group) is 1. The Morgan fingerprint density at radius 2 is 1.86 bits per heavy atom. The van der Waals surface area contributed by atoms with Gasteiger partial charge in [0.15, 0.2) is 5.96 Å². The van der Waals surface area contributed by atoms with Crippen LogP contribution in [0, 0.1) is 5.92 Å². The Hall–Kier alpha value is -0.850. The van der Waals surface area contributed by atoms with Gasteiger partial charge in [-0.2, -0.15) is 0 Å². The van der Waals surface area contributed by atoms with Crippen molar-refractivity contribution in [2.75, 3.05) is 73.1 Å². The van der Waals surface area contributed by atoms with Crippen molar-refractivity contribution in [3.63, 3.8) is 0 Å². The van der Waals surface area contributed by atoms with Gasteiger partial charge in [-0.25, -0.2) is 0 Å². The lowest BCUT2D eigenvalue weighted by atomic mass is 9.84.